The molecule has 1 heterocycles. The third-order valence-electron chi connectivity index (χ3n) is 3.40. The third-order valence-corrected chi connectivity index (χ3v) is 3.40. The maximum atomic E-state index is 10.2. The molecule has 0 atom stereocenters. The first-order chi connectivity index (χ1) is 8.25. The Morgan fingerprint density at radius 3 is 2.82 bits per heavy atom. The maximum absolute atomic E-state index is 10.2. The molecule has 1 aromatic heterocycles. The van der Waals surface area contributed by atoms with E-state index in [-0.39, 0.29) is 0 Å². The van der Waals surface area contributed by atoms with Crippen molar-refractivity contribution in [1.82, 2.24) is 4.98 Å². The number of aliphatic hydroxyl groups is 1. The van der Waals surface area contributed by atoms with Crippen molar-refractivity contribution in [2.45, 2.75) is 31.3 Å². The Morgan fingerprint density at radius 2 is 2.06 bits per heavy atom. The number of rotatable bonds is 3. The summed E-state index contributed by atoms with van der Waals surface area (Å²) in [6.07, 6.45) is 3.93. The van der Waals surface area contributed by atoms with E-state index in [0.29, 0.717) is 12.6 Å². The van der Waals surface area contributed by atoms with Crippen LogP contribution >= 0.6 is 0 Å². The predicted octanol–water partition coefficient (Wildman–Crippen LogP) is 2.54. The molecule has 0 radical (unpaired) electrons. The van der Waals surface area contributed by atoms with Crippen LogP contribution in [0.3, 0.4) is 0 Å². The number of benzene rings is 1. The molecule has 4 nitrogen and oxygen atoms in total. The Kier molecular flexibility index (Phi) is 2.52. The van der Waals surface area contributed by atoms with Crippen molar-refractivity contribution in [3.05, 3.63) is 24.3 Å². The maximum Gasteiger partial charge on any atom is 0.295 e. The second-order valence-corrected chi connectivity index (χ2v) is 4.77. The van der Waals surface area contributed by atoms with Gasteiger partial charge in [-0.3, -0.25) is 0 Å². The van der Waals surface area contributed by atoms with E-state index >= 15 is 0 Å². The summed E-state index contributed by atoms with van der Waals surface area (Å²) < 4.78 is 5.54. The van der Waals surface area contributed by atoms with E-state index in [1.54, 1.807) is 0 Å². The summed E-state index contributed by atoms with van der Waals surface area (Å²) >= 11 is 0. The van der Waals surface area contributed by atoms with E-state index in [4.69, 9.17) is 4.42 Å². The fourth-order valence-corrected chi connectivity index (χ4v) is 2.40. The van der Waals surface area contributed by atoms with Gasteiger partial charge < -0.3 is 14.8 Å². The highest BCUT2D eigenvalue weighted by Gasteiger charge is 2.31. The van der Waals surface area contributed by atoms with Crippen LogP contribution in [0.15, 0.2) is 28.7 Å². The van der Waals surface area contributed by atoms with E-state index in [9.17, 15) is 5.11 Å². The lowest BCUT2D eigenvalue weighted by Gasteiger charge is -2.21. The van der Waals surface area contributed by atoms with Gasteiger partial charge in [-0.25, -0.2) is 0 Å². The summed E-state index contributed by atoms with van der Waals surface area (Å²) in [4.78, 5) is 4.32. The molecule has 4 heteroatoms. The van der Waals surface area contributed by atoms with Crippen LogP contribution in [0.5, 0.6) is 0 Å². The van der Waals surface area contributed by atoms with Gasteiger partial charge in [0, 0.05) is 6.54 Å². The Morgan fingerprint density at radius 1 is 1.29 bits per heavy atom. The van der Waals surface area contributed by atoms with Gasteiger partial charge in [0.25, 0.3) is 6.01 Å². The normalized spacial score (nSPS) is 18.6. The van der Waals surface area contributed by atoms with Crippen molar-refractivity contribution < 1.29 is 9.52 Å². The number of hydrogen-bond acceptors (Lipinski definition) is 4. The number of fused-ring (bicyclic) bond motifs is 1. The number of para-hydroxylation sites is 2. The number of nitrogens with one attached hydrogen (secondary N) is 1. The second-order valence-electron chi connectivity index (χ2n) is 4.77. The van der Waals surface area contributed by atoms with Crippen molar-refractivity contribution in [3.8, 4) is 0 Å². The first-order valence-corrected chi connectivity index (χ1v) is 6.07. The van der Waals surface area contributed by atoms with Gasteiger partial charge in [0.05, 0.1) is 5.60 Å². The lowest BCUT2D eigenvalue weighted by Crippen LogP contribution is -2.33. The molecule has 90 valence electrons. The Labute approximate surface area is 99.7 Å². The Hall–Kier alpha value is -1.55. The minimum absolute atomic E-state index is 0.492. The molecular weight excluding hydrogens is 216 g/mol. The molecule has 0 bridgehead atoms. The molecule has 0 unspecified atom stereocenters. The average Bonchev–Trinajstić information content (AvgIpc) is 2.93. The molecule has 0 spiro atoms. The van der Waals surface area contributed by atoms with Crippen molar-refractivity contribution >= 4 is 17.1 Å². The number of oxazole rings is 1. The molecule has 1 saturated carbocycles. The number of nitrogens with zero attached hydrogens (tertiary/aromatic N) is 1. The second kappa shape index (κ2) is 4.04. The van der Waals surface area contributed by atoms with Gasteiger partial charge in [0.1, 0.15) is 5.52 Å². The topological polar surface area (TPSA) is 58.3 Å². The fraction of sp³-hybridized carbons (Fsp3) is 0.462. The van der Waals surface area contributed by atoms with E-state index in [1.807, 2.05) is 24.3 Å². The highest BCUT2D eigenvalue weighted by Crippen LogP contribution is 2.29. The van der Waals surface area contributed by atoms with Gasteiger partial charge in [-0.05, 0) is 25.0 Å². The smallest absolute Gasteiger partial charge is 0.295 e. The number of aromatic nitrogens is 1. The summed E-state index contributed by atoms with van der Waals surface area (Å²) in [7, 11) is 0. The predicted molar refractivity (Wildman–Crippen MR) is 65.9 cm³/mol. The van der Waals surface area contributed by atoms with E-state index < -0.39 is 5.60 Å². The molecule has 0 aliphatic heterocycles. The first kappa shape index (κ1) is 10.6. The van der Waals surface area contributed by atoms with Gasteiger partial charge in [-0.15, -0.1) is 0 Å². The Bertz CT molecular complexity index is 482. The molecule has 1 aliphatic rings. The highest BCUT2D eigenvalue weighted by molar-refractivity contribution is 5.74. The molecule has 1 fully saturated rings. The van der Waals surface area contributed by atoms with Crippen LogP contribution in [0, 0.1) is 0 Å². The molecule has 3 rings (SSSR count). The van der Waals surface area contributed by atoms with E-state index in [2.05, 4.69) is 10.3 Å². The lowest BCUT2D eigenvalue weighted by atomic mass is 10.0. The van der Waals surface area contributed by atoms with Gasteiger partial charge in [-0.1, -0.05) is 25.0 Å². The van der Waals surface area contributed by atoms with Crippen LogP contribution in [0.4, 0.5) is 6.01 Å². The largest absolute Gasteiger partial charge is 0.424 e. The van der Waals surface area contributed by atoms with Crippen molar-refractivity contribution in [3.63, 3.8) is 0 Å². The van der Waals surface area contributed by atoms with E-state index in [0.717, 1.165) is 36.8 Å². The fourth-order valence-electron chi connectivity index (χ4n) is 2.40. The molecule has 17 heavy (non-hydrogen) atoms. The van der Waals surface area contributed by atoms with Gasteiger partial charge >= 0.3 is 0 Å². The van der Waals surface area contributed by atoms with Crippen LogP contribution in [0.25, 0.3) is 11.1 Å². The monoisotopic (exact) mass is 232 g/mol. The summed E-state index contributed by atoms with van der Waals surface area (Å²) in [5.41, 5.74) is 1.03. The minimum Gasteiger partial charge on any atom is -0.424 e. The van der Waals surface area contributed by atoms with Crippen LogP contribution in [-0.4, -0.2) is 22.2 Å². The van der Waals surface area contributed by atoms with E-state index in [1.165, 1.54) is 0 Å². The van der Waals surface area contributed by atoms with Gasteiger partial charge in [0.2, 0.25) is 0 Å². The zero-order chi connectivity index (χ0) is 11.7. The summed E-state index contributed by atoms with van der Waals surface area (Å²) in [5, 5.41) is 13.3. The molecule has 2 N–H and O–H groups in total. The van der Waals surface area contributed by atoms with Crippen LogP contribution in [0.1, 0.15) is 25.7 Å². The van der Waals surface area contributed by atoms with Crippen LogP contribution in [0.2, 0.25) is 0 Å². The molecule has 1 aliphatic carbocycles. The SMILES string of the molecule is OC1(CNc2nc3ccccc3o2)CCCC1. The molecular formula is C13H16N2O2. The summed E-state index contributed by atoms with van der Waals surface area (Å²) in [6.45, 7) is 0.514. The first-order valence-electron chi connectivity index (χ1n) is 6.07. The molecule has 1 aromatic carbocycles. The van der Waals surface area contributed by atoms with Crippen molar-refractivity contribution in [1.29, 1.82) is 0 Å². The van der Waals surface area contributed by atoms with Crippen LogP contribution < -0.4 is 5.32 Å². The van der Waals surface area contributed by atoms with Crippen molar-refractivity contribution in [2.75, 3.05) is 11.9 Å². The van der Waals surface area contributed by atoms with Crippen LogP contribution in [-0.2, 0) is 0 Å². The van der Waals surface area contributed by atoms with Gasteiger partial charge in [0.15, 0.2) is 5.58 Å². The zero-order valence-electron chi connectivity index (χ0n) is 9.65. The standard InChI is InChI=1S/C13H16N2O2/c16-13(7-3-4-8-13)9-14-12-15-10-5-1-2-6-11(10)17-12/h1-2,5-6,16H,3-4,7-9H2,(H,14,15). The number of anilines is 1. The Balaban J connectivity index is 1.72. The molecule has 2 aromatic rings. The zero-order valence-corrected chi connectivity index (χ0v) is 9.65. The highest BCUT2D eigenvalue weighted by atomic mass is 16.4. The quantitative estimate of drug-likeness (QED) is 0.853. The van der Waals surface area contributed by atoms with Gasteiger partial charge in [-0.2, -0.15) is 4.98 Å². The lowest BCUT2D eigenvalue weighted by molar-refractivity contribution is 0.0609. The minimum atomic E-state index is -0.583. The summed E-state index contributed by atoms with van der Waals surface area (Å²) in [5.74, 6) is 0. The number of hydrogen-bond donors (Lipinski definition) is 2. The van der Waals surface area contributed by atoms with Crippen molar-refractivity contribution in [2.24, 2.45) is 0 Å². The average molecular weight is 232 g/mol. The molecule has 0 saturated heterocycles. The molecule has 0 amide bonds. The summed E-state index contributed by atoms with van der Waals surface area (Å²) in [6, 6.07) is 8.14. The third kappa shape index (κ3) is 2.13.